The quantitative estimate of drug-likeness (QED) is 0.612. The lowest BCUT2D eigenvalue weighted by atomic mass is 9.78. The second-order valence-electron chi connectivity index (χ2n) is 10.1. The number of urea groups is 1. The molecule has 3 aliphatic rings. The Morgan fingerprint density at radius 2 is 2.03 bits per heavy atom. The number of hydrogen-bond acceptors (Lipinski definition) is 5. The summed E-state index contributed by atoms with van der Waals surface area (Å²) < 4.78 is 9.57. The molecule has 1 N–H and O–H groups in total. The third-order valence-electron chi connectivity index (χ3n) is 7.94. The Morgan fingerprint density at radius 1 is 1.19 bits per heavy atom. The minimum absolute atomic E-state index is 0.0741. The Morgan fingerprint density at radius 3 is 2.78 bits per heavy atom. The van der Waals surface area contributed by atoms with Crippen LogP contribution in [-0.2, 0) is 42.4 Å². The number of ether oxygens (including phenoxy) is 1. The lowest BCUT2D eigenvalue weighted by molar-refractivity contribution is -0.120. The first-order valence-corrected chi connectivity index (χ1v) is 12.8. The zero-order valence-electron chi connectivity index (χ0n) is 20.9. The highest BCUT2D eigenvalue weighted by Gasteiger charge is 2.34. The molecular weight excluding hydrogens is 456 g/mol. The van der Waals surface area contributed by atoms with Gasteiger partial charge in [-0.2, -0.15) is 10.2 Å². The predicted molar refractivity (Wildman–Crippen MR) is 134 cm³/mol. The molecule has 1 aromatic carbocycles. The van der Waals surface area contributed by atoms with Crippen molar-refractivity contribution in [3.8, 4) is 11.3 Å². The molecule has 9 heteroatoms. The molecule has 0 spiro atoms. The number of benzene rings is 1. The standard InChI is InChI=1S/C27H32N6O3/c1-28-27(35)32-9-6-24-23(16-32)26(30-33(24)19-7-10-36-11-8-19)20-5-3-4-17-12-22(25(34)13-21(17)20)18-14-29-31(2)15-18/h3-5,14-15,19,22H,6-13,16H2,1-2H3,(H,28,35). The minimum atomic E-state index is -0.168. The van der Waals surface area contributed by atoms with Gasteiger partial charge >= 0.3 is 6.03 Å². The zero-order chi connectivity index (χ0) is 24.8. The van der Waals surface area contributed by atoms with E-state index in [0.717, 1.165) is 60.4 Å². The summed E-state index contributed by atoms with van der Waals surface area (Å²) >= 11 is 0. The summed E-state index contributed by atoms with van der Waals surface area (Å²) in [6, 6.07) is 6.52. The van der Waals surface area contributed by atoms with Crippen LogP contribution in [0.2, 0.25) is 0 Å². The van der Waals surface area contributed by atoms with Crippen LogP contribution in [0.1, 0.15) is 52.7 Å². The second-order valence-corrected chi connectivity index (χ2v) is 10.1. The summed E-state index contributed by atoms with van der Waals surface area (Å²) in [5, 5.41) is 12.2. The monoisotopic (exact) mass is 488 g/mol. The summed E-state index contributed by atoms with van der Waals surface area (Å²) in [6.07, 6.45) is 7.43. The van der Waals surface area contributed by atoms with Gasteiger partial charge in [0.05, 0.1) is 30.4 Å². The molecule has 1 atom stereocenters. The second kappa shape index (κ2) is 9.20. The van der Waals surface area contributed by atoms with Crippen molar-refractivity contribution < 1.29 is 14.3 Å². The summed E-state index contributed by atoms with van der Waals surface area (Å²) in [7, 11) is 3.55. The third kappa shape index (κ3) is 3.91. The van der Waals surface area contributed by atoms with Gasteiger partial charge in [-0.1, -0.05) is 18.2 Å². The number of hydrogen-bond donors (Lipinski definition) is 1. The third-order valence-corrected chi connectivity index (χ3v) is 7.94. The number of aromatic nitrogens is 4. The summed E-state index contributed by atoms with van der Waals surface area (Å²) in [6.45, 7) is 2.66. The number of Topliss-reactive ketones (excluding diaryl/α,β-unsaturated/α-hetero) is 1. The molecule has 1 saturated heterocycles. The minimum Gasteiger partial charge on any atom is -0.381 e. The molecule has 188 valence electrons. The number of rotatable bonds is 3. The van der Waals surface area contributed by atoms with E-state index in [-0.39, 0.29) is 17.7 Å². The zero-order valence-corrected chi connectivity index (χ0v) is 20.9. The maximum absolute atomic E-state index is 13.3. The van der Waals surface area contributed by atoms with Crippen LogP contribution in [0.5, 0.6) is 0 Å². The Balaban J connectivity index is 1.42. The van der Waals surface area contributed by atoms with E-state index in [1.807, 2.05) is 18.1 Å². The van der Waals surface area contributed by atoms with Gasteiger partial charge < -0.3 is 15.0 Å². The van der Waals surface area contributed by atoms with Crippen LogP contribution in [0.4, 0.5) is 4.79 Å². The van der Waals surface area contributed by atoms with Crippen LogP contribution >= 0.6 is 0 Å². The van der Waals surface area contributed by atoms with Crippen molar-refractivity contribution in [1.29, 1.82) is 0 Å². The molecule has 0 radical (unpaired) electrons. The average molecular weight is 489 g/mol. The lowest BCUT2D eigenvalue weighted by Gasteiger charge is -2.30. The maximum Gasteiger partial charge on any atom is 0.317 e. The van der Waals surface area contributed by atoms with Crippen LogP contribution in [0.25, 0.3) is 11.3 Å². The van der Waals surface area contributed by atoms with Gasteiger partial charge in [0.1, 0.15) is 5.78 Å². The molecule has 0 bridgehead atoms. The highest BCUT2D eigenvalue weighted by molar-refractivity contribution is 5.92. The fourth-order valence-electron chi connectivity index (χ4n) is 6.04. The number of amides is 2. The van der Waals surface area contributed by atoms with E-state index in [2.05, 4.69) is 33.3 Å². The summed E-state index contributed by atoms with van der Waals surface area (Å²) in [4.78, 5) is 27.7. The van der Waals surface area contributed by atoms with Gasteiger partial charge in [-0.15, -0.1) is 0 Å². The van der Waals surface area contributed by atoms with E-state index in [0.29, 0.717) is 32.0 Å². The number of ketones is 1. The van der Waals surface area contributed by atoms with Crippen molar-refractivity contribution in [2.24, 2.45) is 7.05 Å². The van der Waals surface area contributed by atoms with Gasteiger partial charge in [-0.05, 0) is 30.4 Å². The van der Waals surface area contributed by atoms with Crippen LogP contribution in [-0.4, -0.2) is 63.1 Å². The number of aryl methyl sites for hydroxylation is 1. The largest absolute Gasteiger partial charge is 0.381 e. The normalized spacial score (nSPS) is 20.2. The molecule has 1 unspecified atom stereocenters. The van der Waals surface area contributed by atoms with Crippen LogP contribution < -0.4 is 5.32 Å². The van der Waals surface area contributed by atoms with E-state index in [1.165, 1.54) is 11.3 Å². The van der Waals surface area contributed by atoms with E-state index in [9.17, 15) is 9.59 Å². The van der Waals surface area contributed by atoms with E-state index in [1.54, 1.807) is 17.9 Å². The van der Waals surface area contributed by atoms with Crippen LogP contribution in [0, 0.1) is 0 Å². The summed E-state index contributed by atoms with van der Waals surface area (Å²) in [5.41, 5.74) is 7.48. The number of nitrogens with one attached hydrogen (secondary N) is 1. The molecule has 1 aliphatic carbocycles. The molecule has 4 heterocycles. The van der Waals surface area contributed by atoms with Crippen molar-refractivity contribution in [3.63, 3.8) is 0 Å². The molecule has 2 aromatic heterocycles. The van der Waals surface area contributed by atoms with Gasteiger partial charge in [-0.25, -0.2) is 4.79 Å². The molecule has 3 aromatic rings. The Hall–Kier alpha value is -3.46. The molecule has 2 aliphatic heterocycles. The van der Waals surface area contributed by atoms with Crippen LogP contribution in [0.15, 0.2) is 30.6 Å². The number of carbonyl (C=O) groups excluding carboxylic acids is 2. The first-order chi connectivity index (χ1) is 17.5. The Kier molecular flexibility index (Phi) is 5.87. The van der Waals surface area contributed by atoms with E-state index < -0.39 is 0 Å². The maximum atomic E-state index is 13.3. The molecule has 1 fully saturated rings. The average Bonchev–Trinajstić information content (AvgIpc) is 3.51. The lowest BCUT2D eigenvalue weighted by Crippen LogP contribution is -2.41. The van der Waals surface area contributed by atoms with Gasteiger partial charge in [-0.3, -0.25) is 14.2 Å². The summed E-state index contributed by atoms with van der Waals surface area (Å²) in [5.74, 6) is 0.0477. The van der Waals surface area contributed by atoms with Crippen molar-refractivity contribution >= 4 is 11.8 Å². The van der Waals surface area contributed by atoms with Gasteiger partial charge in [0, 0.05) is 75.3 Å². The molecule has 9 nitrogen and oxygen atoms in total. The Bertz CT molecular complexity index is 1320. The smallest absolute Gasteiger partial charge is 0.317 e. The van der Waals surface area contributed by atoms with Crippen molar-refractivity contribution in [1.82, 2.24) is 29.8 Å². The molecule has 36 heavy (non-hydrogen) atoms. The molecular formula is C27H32N6O3. The number of nitrogens with zero attached hydrogens (tertiary/aromatic N) is 5. The molecule has 0 saturated carbocycles. The van der Waals surface area contributed by atoms with Gasteiger partial charge in [0.2, 0.25) is 0 Å². The van der Waals surface area contributed by atoms with E-state index in [4.69, 9.17) is 9.84 Å². The highest BCUT2D eigenvalue weighted by Crippen LogP contribution is 2.39. The number of fused-ring (bicyclic) bond motifs is 2. The molecule has 6 rings (SSSR count). The molecule has 2 amide bonds. The number of carbonyl (C=O) groups is 2. The topological polar surface area (TPSA) is 94.3 Å². The SMILES string of the molecule is CNC(=O)N1CCc2c(c(-c3cccc4c3CC(=O)C(c3cnn(C)c3)C4)nn2C2CCOCC2)C1. The van der Waals surface area contributed by atoms with Gasteiger partial charge in [0.25, 0.3) is 0 Å². The van der Waals surface area contributed by atoms with Crippen molar-refractivity contribution in [3.05, 3.63) is 58.5 Å². The van der Waals surface area contributed by atoms with Crippen molar-refractivity contribution in [2.75, 3.05) is 26.8 Å². The van der Waals surface area contributed by atoms with E-state index >= 15 is 0 Å². The predicted octanol–water partition coefficient (Wildman–Crippen LogP) is 2.78. The Labute approximate surface area is 210 Å². The van der Waals surface area contributed by atoms with Crippen LogP contribution in [0.3, 0.4) is 0 Å². The van der Waals surface area contributed by atoms with Crippen molar-refractivity contribution in [2.45, 2.75) is 50.6 Å². The fourth-order valence-corrected chi connectivity index (χ4v) is 6.04. The fraction of sp³-hybridized carbons (Fsp3) is 0.481. The van der Waals surface area contributed by atoms with Gasteiger partial charge in [0.15, 0.2) is 0 Å². The first kappa shape index (κ1) is 23.0. The highest BCUT2D eigenvalue weighted by atomic mass is 16.5. The first-order valence-electron chi connectivity index (χ1n) is 12.8.